The zero-order valence-corrected chi connectivity index (χ0v) is 8.49. The molecule has 1 aliphatic heterocycles. The fraction of sp³-hybridized carbons (Fsp3) is 0.455. The number of aromatic nitrogens is 1. The van der Waals surface area contributed by atoms with Gasteiger partial charge in [-0.1, -0.05) is 0 Å². The average Bonchev–Trinajstić information content (AvgIpc) is 2.29. The predicted octanol–water partition coefficient (Wildman–Crippen LogP) is 1.73. The zero-order valence-electron chi connectivity index (χ0n) is 8.49. The summed E-state index contributed by atoms with van der Waals surface area (Å²) < 4.78 is 5.43. The summed E-state index contributed by atoms with van der Waals surface area (Å²) in [6.07, 6.45) is 2.30. The van der Waals surface area contributed by atoms with Crippen LogP contribution in [-0.4, -0.2) is 18.1 Å². The number of hydrogen-bond donors (Lipinski definition) is 1. The van der Waals surface area contributed by atoms with Crippen LogP contribution in [0.3, 0.4) is 0 Å². The molecular formula is C11H13N3O. The molecule has 1 aromatic rings. The van der Waals surface area contributed by atoms with Gasteiger partial charge in [-0.25, -0.2) is 4.98 Å². The lowest BCUT2D eigenvalue weighted by Crippen LogP contribution is -2.19. The van der Waals surface area contributed by atoms with Gasteiger partial charge in [-0.15, -0.1) is 0 Å². The molecule has 0 amide bonds. The number of fused-ring (bicyclic) bond motifs is 1. The van der Waals surface area contributed by atoms with Crippen LogP contribution in [0.25, 0.3) is 0 Å². The Hall–Kier alpha value is -1.76. The third-order valence-corrected chi connectivity index (χ3v) is 2.29. The molecule has 0 unspecified atom stereocenters. The number of hydrogen-bond acceptors (Lipinski definition) is 4. The van der Waals surface area contributed by atoms with Crippen LogP contribution in [0.1, 0.15) is 18.5 Å². The monoisotopic (exact) mass is 203 g/mol. The standard InChI is InChI=1S/C11H13N3O/c12-6-2-1-3-9-4-5-10-11(14-9)13-7-8-15-10/h4-5H,1-3,7-8H2,(H,13,14). The summed E-state index contributed by atoms with van der Waals surface area (Å²) >= 11 is 0. The van der Waals surface area contributed by atoms with Crippen LogP contribution in [0.5, 0.6) is 5.75 Å². The Kier molecular flexibility index (Phi) is 3.03. The lowest BCUT2D eigenvalue weighted by molar-refractivity contribution is 0.321. The molecule has 4 heteroatoms. The van der Waals surface area contributed by atoms with Crippen molar-refractivity contribution in [1.29, 1.82) is 5.26 Å². The summed E-state index contributed by atoms with van der Waals surface area (Å²) in [6, 6.07) is 6.03. The predicted molar refractivity (Wildman–Crippen MR) is 56.8 cm³/mol. The minimum Gasteiger partial charge on any atom is -0.488 e. The fourth-order valence-electron chi connectivity index (χ4n) is 1.55. The minimum atomic E-state index is 0.586. The van der Waals surface area contributed by atoms with Gasteiger partial charge in [0, 0.05) is 12.1 Å². The van der Waals surface area contributed by atoms with Crippen molar-refractivity contribution in [3.63, 3.8) is 0 Å². The van der Waals surface area contributed by atoms with E-state index in [0.717, 1.165) is 36.6 Å². The third kappa shape index (κ3) is 2.38. The summed E-state index contributed by atoms with van der Waals surface area (Å²) in [5, 5.41) is 11.6. The Morgan fingerprint density at radius 3 is 3.33 bits per heavy atom. The van der Waals surface area contributed by atoms with E-state index in [2.05, 4.69) is 16.4 Å². The Balaban J connectivity index is 2.04. The molecule has 0 atom stereocenters. The van der Waals surface area contributed by atoms with Gasteiger partial charge in [0.2, 0.25) is 0 Å². The van der Waals surface area contributed by atoms with Crippen LogP contribution in [-0.2, 0) is 6.42 Å². The number of nitriles is 1. The number of rotatable bonds is 3. The molecule has 1 N–H and O–H groups in total. The second kappa shape index (κ2) is 4.65. The Labute approximate surface area is 88.9 Å². The van der Waals surface area contributed by atoms with E-state index in [1.165, 1.54) is 0 Å². The Morgan fingerprint density at radius 1 is 1.53 bits per heavy atom. The first-order chi connectivity index (χ1) is 7.40. The molecule has 1 aliphatic rings. The Bertz CT molecular complexity index is 384. The molecule has 0 spiro atoms. The van der Waals surface area contributed by atoms with E-state index < -0.39 is 0 Å². The highest BCUT2D eigenvalue weighted by Crippen LogP contribution is 2.25. The summed E-state index contributed by atoms with van der Waals surface area (Å²) in [5.74, 6) is 1.65. The summed E-state index contributed by atoms with van der Waals surface area (Å²) in [6.45, 7) is 1.50. The van der Waals surface area contributed by atoms with Gasteiger partial charge in [-0.3, -0.25) is 0 Å². The van der Waals surface area contributed by atoms with E-state index in [0.29, 0.717) is 13.0 Å². The van der Waals surface area contributed by atoms with Gasteiger partial charge in [-0.2, -0.15) is 5.26 Å². The molecule has 2 heterocycles. The molecule has 0 fully saturated rings. The molecule has 15 heavy (non-hydrogen) atoms. The summed E-state index contributed by atoms with van der Waals surface area (Å²) in [7, 11) is 0. The van der Waals surface area contributed by atoms with Crippen molar-refractivity contribution in [3.05, 3.63) is 17.8 Å². The number of anilines is 1. The third-order valence-electron chi connectivity index (χ3n) is 2.29. The van der Waals surface area contributed by atoms with E-state index in [-0.39, 0.29) is 0 Å². The normalized spacial score (nSPS) is 13.3. The van der Waals surface area contributed by atoms with Crippen LogP contribution >= 0.6 is 0 Å². The van der Waals surface area contributed by atoms with E-state index in [4.69, 9.17) is 10.00 Å². The summed E-state index contributed by atoms with van der Waals surface area (Å²) in [5.41, 5.74) is 1.02. The van der Waals surface area contributed by atoms with Crippen molar-refractivity contribution in [1.82, 2.24) is 4.98 Å². The fourth-order valence-corrected chi connectivity index (χ4v) is 1.55. The first-order valence-corrected chi connectivity index (χ1v) is 5.13. The number of unbranched alkanes of at least 4 members (excludes halogenated alkanes) is 1. The molecule has 1 aromatic heterocycles. The molecule has 0 aliphatic carbocycles. The molecular weight excluding hydrogens is 190 g/mol. The van der Waals surface area contributed by atoms with E-state index in [1.54, 1.807) is 0 Å². The highest BCUT2D eigenvalue weighted by molar-refractivity contribution is 5.52. The van der Waals surface area contributed by atoms with Crippen LogP contribution in [0.4, 0.5) is 5.82 Å². The van der Waals surface area contributed by atoms with E-state index in [9.17, 15) is 0 Å². The maximum atomic E-state index is 8.43. The number of aryl methyl sites for hydroxylation is 1. The Morgan fingerprint density at radius 2 is 2.47 bits per heavy atom. The van der Waals surface area contributed by atoms with Gasteiger partial charge in [0.25, 0.3) is 0 Å². The molecule has 0 saturated carbocycles. The van der Waals surface area contributed by atoms with Crippen molar-refractivity contribution in [2.24, 2.45) is 0 Å². The van der Waals surface area contributed by atoms with Crippen molar-refractivity contribution < 1.29 is 4.74 Å². The van der Waals surface area contributed by atoms with Gasteiger partial charge >= 0.3 is 0 Å². The van der Waals surface area contributed by atoms with Gasteiger partial charge in [0.05, 0.1) is 12.6 Å². The largest absolute Gasteiger partial charge is 0.488 e. The highest BCUT2D eigenvalue weighted by atomic mass is 16.5. The van der Waals surface area contributed by atoms with Crippen LogP contribution in [0.2, 0.25) is 0 Å². The topological polar surface area (TPSA) is 57.9 Å². The number of ether oxygens (including phenoxy) is 1. The van der Waals surface area contributed by atoms with Gasteiger partial charge < -0.3 is 10.1 Å². The molecule has 0 aromatic carbocycles. The number of pyridine rings is 1. The molecule has 2 rings (SSSR count). The molecule has 0 bridgehead atoms. The summed E-state index contributed by atoms with van der Waals surface area (Å²) in [4.78, 5) is 4.44. The van der Waals surface area contributed by atoms with E-state index >= 15 is 0 Å². The van der Waals surface area contributed by atoms with Crippen molar-refractivity contribution in [2.75, 3.05) is 18.5 Å². The van der Waals surface area contributed by atoms with Crippen molar-refractivity contribution >= 4 is 5.82 Å². The van der Waals surface area contributed by atoms with Gasteiger partial charge in [0.15, 0.2) is 11.6 Å². The van der Waals surface area contributed by atoms with Crippen molar-refractivity contribution in [3.8, 4) is 11.8 Å². The number of nitrogens with one attached hydrogen (secondary N) is 1. The maximum absolute atomic E-state index is 8.43. The lowest BCUT2D eigenvalue weighted by atomic mass is 10.2. The minimum absolute atomic E-state index is 0.586. The smallest absolute Gasteiger partial charge is 0.169 e. The number of nitrogens with zero attached hydrogens (tertiary/aromatic N) is 2. The highest BCUT2D eigenvalue weighted by Gasteiger charge is 2.10. The van der Waals surface area contributed by atoms with Crippen LogP contribution < -0.4 is 10.1 Å². The second-order valence-corrected chi connectivity index (χ2v) is 3.44. The van der Waals surface area contributed by atoms with Crippen LogP contribution in [0.15, 0.2) is 12.1 Å². The SMILES string of the molecule is N#CCCCc1ccc2c(n1)NCCO2. The van der Waals surface area contributed by atoms with Gasteiger partial charge in [0.1, 0.15) is 6.61 Å². The first-order valence-electron chi connectivity index (χ1n) is 5.13. The zero-order chi connectivity index (χ0) is 10.5. The van der Waals surface area contributed by atoms with Crippen LogP contribution in [0, 0.1) is 11.3 Å². The first kappa shape index (κ1) is 9.78. The molecule has 0 radical (unpaired) electrons. The van der Waals surface area contributed by atoms with Gasteiger partial charge in [-0.05, 0) is 25.0 Å². The van der Waals surface area contributed by atoms with E-state index in [1.807, 2.05) is 12.1 Å². The average molecular weight is 203 g/mol. The quantitative estimate of drug-likeness (QED) is 0.760. The molecule has 78 valence electrons. The van der Waals surface area contributed by atoms with Crippen molar-refractivity contribution in [2.45, 2.75) is 19.3 Å². The lowest BCUT2D eigenvalue weighted by Gasteiger charge is -2.18. The second-order valence-electron chi connectivity index (χ2n) is 3.44. The molecule has 4 nitrogen and oxygen atoms in total. The molecule has 0 saturated heterocycles. The maximum Gasteiger partial charge on any atom is 0.169 e.